The minimum atomic E-state index is -0.719. The van der Waals surface area contributed by atoms with Crippen molar-refractivity contribution in [2.45, 2.75) is 12.6 Å². The number of para-hydroxylation sites is 2. The Morgan fingerprint density at radius 1 is 1.18 bits per heavy atom. The predicted molar refractivity (Wildman–Crippen MR) is 99.1 cm³/mol. The van der Waals surface area contributed by atoms with E-state index in [4.69, 9.17) is 18.7 Å². The largest absolute Gasteiger partial charge is 0.497 e. The van der Waals surface area contributed by atoms with Crippen molar-refractivity contribution in [2.24, 2.45) is 0 Å². The maximum Gasteiger partial charge on any atom is 0.267 e. The Balaban J connectivity index is 1.40. The first-order valence-electron chi connectivity index (χ1n) is 8.74. The van der Waals surface area contributed by atoms with Gasteiger partial charge in [-0.3, -0.25) is 4.79 Å². The van der Waals surface area contributed by atoms with Crippen molar-refractivity contribution in [3.05, 3.63) is 54.4 Å². The third kappa shape index (κ3) is 3.62. The summed E-state index contributed by atoms with van der Waals surface area (Å²) < 4.78 is 21.8. The third-order valence-electron chi connectivity index (χ3n) is 4.35. The molecule has 0 aliphatic carbocycles. The number of carbonyl (C=O) groups is 1. The molecular weight excluding hydrogens is 362 g/mol. The minimum Gasteiger partial charge on any atom is -0.497 e. The van der Waals surface area contributed by atoms with E-state index in [1.54, 1.807) is 26.3 Å². The molecule has 8 heteroatoms. The SMILES string of the molecule is COc1ccc(-c2noc(CN(C)C(=O)[C@H]3COc4ccccc4O3)n2)cc1. The monoisotopic (exact) mass is 381 g/mol. The molecule has 0 fully saturated rings. The second kappa shape index (κ2) is 7.59. The normalized spacial score (nSPS) is 15.1. The van der Waals surface area contributed by atoms with Gasteiger partial charge >= 0.3 is 0 Å². The van der Waals surface area contributed by atoms with Gasteiger partial charge in [0, 0.05) is 12.6 Å². The predicted octanol–water partition coefficient (Wildman–Crippen LogP) is 2.54. The Bertz CT molecular complexity index is 970. The van der Waals surface area contributed by atoms with Crippen molar-refractivity contribution in [1.29, 1.82) is 0 Å². The maximum absolute atomic E-state index is 12.7. The van der Waals surface area contributed by atoms with Gasteiger partial charge in [-0.05, 0) is 36.4 Å². The highest BCUT2D eigenvalue weighted by Gasteiger charge is 2.30. The number of amides is 1. The van der Waals surface area contributed by atoms with Crippen LogP contribution in [-0.4, -0.2) is 47.8 Å². The van der Waals surface area contributed by atoms with Crippen LogP contribution in [0, 0.1) is 0 Å². The molecule has 0 radical (unpaired) electrons. The third-order valence-corrected chi connectivity index (χ3v) is 4.35. The fourth-order valence-corrected chi connectivity index (χ4v) is 2.84. The standard InChI is InChI=1S/C20H19N3O5/c1-23(20(24)17-12-26-15-5-3-4-6-16(15)27-17)11-18-21-19(22-28-18)13-7-9-14(25-2)10-8-13/h3-10,17H,11-12H2,1-2H3/t17-/m1/s1. The van der Waals surface area contributed by atoms with Crippen molar-refractivity contribution in [2.75, 3.05) is 20.8 Å². The van der Waals surface area contributed by atoms with Gasteiger partial charge in [-0.15, -0.1) is 0 Å². The number of nitrogens with zero attached hydrogens (tertiary/aromatic N) is 3. The molecule has 1 aliphatic heterocycles. The second-order valence-electron chi connectivity index (χ2n) is 6.30. The van der Waals surface area contributed by atoms with Crippen LogP contribution in [0.25, 0.3) is 11.4 Å². The zero-order chi connectivity index (χ0) is 19.5. The van der Waals surface area contributed by atoms with E-state index in [0.29, 0.717) is 23.2 Å². The van der Waals surface area contributed by atoms with Crippen LogP contribution in [0.3, 0.4) is 0 Å². The first-order valence-corrected chi connectivity index (χ1v) is 8.74. The molecule has 1 aromatic heterocycles. The van der Waals surface area contributed by atoms with Crippen LogP contribution in [0.15, 0.2) is 53.1 Å². The first kappa shape index (κ1) is 17.8. The van der Waals surface area contributed by atoms with E-state index in [0.717, 1.165) is 11.3 Å². The van der Waals surface area contributed by atoms with Gasteiger partial charge in [0.15, 0.2) is 11.5 Å². The number of ether oxygens (including phenoxy) is 3. The molecule has 0 saturated heterocycles. The summed E-state index contributed by atoms with van der Waals surface area (Å²) in [6, 6.07) is 14.6. The molecule has 0 bridgehead atoms. The summed E-state index contributed by atoms with van der Waals surface area (Å²) in [5, 5.41) is 3.98. The Morgan fingerprint density at radius 2 is 1.93 bits per heavy atom. The molecule has 2 heterocycles. The highest BCUT2D eigenvalue weighted by atomic mass is 16.6. The highest BCUT2D eigenvalue weighted by Crippen LogP contribution is 2.31. The molecule has 0 saturated carbocycles. The quantitative estimate of drug-likeness (QED) is 0.671. The van der Waals surface area contributed by atoms with Crippen molar-refractivity contribution in [3.63, 3.8) is 0 Å². The fourth-order valence-electron chi connectivity index (χ4n) is 2.84. The Morgan fingerprint density at radius 3 is 2.68 bits per heavy atom. The summed E-state index contributed by atoms with van der Waals surface area (Å²) in [7, 11) is 3.26. The van der Waals surface area contributed by atoms with Crippen LogP contribution in [0.1, 0.15) is 5.89 Å². The number of likely N-dealkylation sites (N-methyl/N-ethyl adjacent to an activating group) is 1. The van der Waals surface area contributed by atoms with Crippen LogP contribution in [0.4, 0.5) is 0 Å². The lowest BCUT2D eigenvalue weighted by molar-refractivity contribution is -0.140. The Labute approximate surface area is 161 Å². The van der Waals surface area contributed by atoms with E-state index in [9.17, 15) is 4.79 Å². The van der Waals surface area contributed by atoms with Crippen LogP contribution in [0.5, 0.6) is 17.2 Å². The van der Waals surface area contributed by atoms with Crippen molar-refractivity contribution < 1.29 is 23.5 Å². The molecule has 4 rings (SSSR count). The topological polar surface area (TPSA) is 86.9 Å². The van der Waals surface area contributed by atoms with Gasteiger partial charge in [-0.2, -0.15) is 4.98 Å². The van der Waals surface area contributed by atoms with Gasteiger partial charge in [0.2, 0.25) is 17.8 Å². The first-order chi connectivity index (χ1) is 13.6. The van der Waals surface area contributed by atoms with Crippen molar-refractivity contribution in [1.82, 2.24) is 15.0 Å². The number of hydrogen-bond donors (Lipinski definition) is 0. The van der Waals surface area contributed by atoms with Crippen LogP contribution >= 0.6 is 0 Å². The van der Waals surface area contributed by atoms with Gasteiger partial charge in [0.25, 0.3) is 5.91 Å². The molecule has 0 N–H and O–H groups in total. The van der Waals surface area contributed by atoms with Crippen molar-refractivity contribution >= 4 is 5.91 Å². The average molecular weight is 381 g/mol. The molecule has 1 aliphatic rings. The summed E-state index contributed by atoms with van der Waals surface area (Å²) >= 11 is 0. The van der Waals surface area contributed by atoms with E-state index in [2.05, 4.69) is 10.1 Å². The molecule has 0 unspecified atom stereocenters. The van der Waals surface area contributed by atoms with Gasteiger partial charge < -0.3 is 23.6 Å². The summed E-state index contributed by atoms with van der Waals surface area (Å²) in [5.74, 6) is 2.49. The van der Waals surface area contributed by atoms with Gasteiger partial charge in [-0.25, -0.2) is 0 Å². The van der Waals surface area contributed by atoms with E-state index < -0.39 is 6.10 Å². The fraction of sp³-hybridized carbons (Fsp3) is 0.250. The van der Waals surface area contributed by atoms with E-state index in [1.807, 2.05) is 36.4 Å². The summed E-state index contributed by atoms with van der Waals surface area (Å²) in [6.45, 7) is 0.324. The van der Waals surface area contributed by atoms with Crippen LogP contribution in [-0.2, 0) is 11.3 Å². The average Bonchev–Trinajstić information content (AvgIpc) is 3.21. The highest BCUT2D eigenvalue weighted by molar-refractivity contribution is 5.81. The Kier molecular flexibility index (Phi) is 4.84. The summed E-state index contributed by atoms with van der Waals surface area (Å²) in [4.78, 5) is 18.5. The minimum absolute atomic E-state index is 0.154. The second-order valence-corrected chi connectivity index (χ2v) is 6.30. The molecule has 1 atom stereocenters. The maximum atomic E-state index is 12.7. The number of hydrogen-bond acceptors (Lipinski definition) is 7. The number of benzene rings is 2. The lowest BCUT2D eigenvalue weighted by Crippen LogP contribution is -2.44. The van der Waals surface area contributed by atoms with E-state index in [1.165, 1.54) is 4.90 Å². The van der Waals surface area contributed by atoms with E-state index >= 15 is 0 Å². The Hall–Kier alpha value is -3.55. The molecule has 28 heavy (non-hydrogen) atoms. The summed E-state index contributed by atoms with van der Waals surface area (Å²) in [6.07, 6.45) is -0.719. The molecular formula is C20H19N3O5. The van der Waals surface area contributed by atoms with Gasteiger partial charge in [0.1, 0.15) is 12.4 Å². The smallest absolute Gasteiger partial charge is 0.267 e. The lowest BCUT2D eigenvalue weighted by atomic mass is 10.2. The van der Waals surface area contributed by atoms with E-state index in [-0.39, 0.29) is 19.1 Å². The molecule has 2 aromatic carbocycles. The van der Waals surface area contributed by atoms with Crippen LogP contribution < -0.4 is 14.2 Å². The zero-order valence-corrected chi connectivity index (χ0v) is 15.5. The zero-order valence-electron chi connectivity index (χ0n) is 15.5. The van der Waals surface area contributed by atoms with Gasteiger partial charge in [0.05, 0.1) is 13.7 Å². The number of carbonyl (C=O) groups excluding carboxylic acids is 1. The number of fused-ring (bicyclic) bond motifs is 1. The number of methoxy groups -OCH3 is 1. The van der Waals surface area contributed by atoms with Crippen LogP contribution in [0.2, 0.25) is 0 Å². The molecule has 144 valence electrons. The van der Waals surface area contributed by atoms with Crippen molar-refractivity contribution in [3.8, 4) is 28.6 Å². The lowest BCUT2D eigenvalue weighted by Gasteiger charge is -2.28. The molecule has 8 nitrogen and oxygen atoms in total. The van der Waals surface area contributed by atoms with Gasteiger partial charge in [-0.1, -0.05) is 17.3 Å². The molecule has 1 amide bonds. The molecule has 0 spiro atoms. The molecule has 3 aromatic rings. The number of aromatic nitrogens is 2. The summed E-state index contributed by atoms with van der Waals surface area (Å²) in [5.41, 5.74) is 0.797. The number of rotatable bonds is 5.